The molecule has 2 unspecified atom stereocenters. The topological polar surface area (TPSA) is 83.5 Å². The Kier molecular flexibility index (Phi) is 4.30. The molecule has 0 saturated heterocycles. The Balaban J connectivity index is 2.18. The fourth-order valence-corrected chi connectivity index (χ4v) is 3.33. The molecule has 0 amide bonds. The first-order valence-electron chi connectivity index (χ1n) is 6.20. The fraction of sp³-hybridized carbons (Fsp3) is 0.308. The van der Waals surface area contributed by atoms with Gasteiger partial charge in [-0.15, -0.1) is 0 Å². The van der Waals surface area contributed by atoms with Gasteiger partial charge in [-0.1, -0.05) is 18.2 Å². The van der Waals surface area contributed by atoms with Crippen LogP contribution in [0.4, 0.5) is 13.2 Å². The Morgan fingerprint density at radius 3 is 2.50 bits per heavy atom. The van der Waals surface area contributed by atoms with Crippen LogP contribution in [0.1, 0.15) is 12.0 Å². The average Bonchev–Trinajstić information content (AvgIpc) is 2.86. The molecule has 0 saturated carbocycles. The molecule has 0 heterocycles. The van der Waals surface area contributed by atoms with Crippen LogP contribution in [0.15, 0.2) is 41.3 Å². The molecule has 0 aliphatic heterocycles. The maximum atomic E-state index is 12.6. The van der Waals surface area contributed by atoms with Crippen molar-refractivity contribution in [3.05, 3.63) is 42.0 Å². The number of carboxylic acids is 1. The van der Waals surface area contributed by atoms with Crippen LogP contribution in [-0.2, 0) is 21.0 Å². The second-order valence-corrected chi connectivity index (χ2v) is 6.53. The molecular weight excluding hydrogens is 323 g/mol. The Morgan fingerprint density at radius 2 is 1.95 bits per heavy atom. The van der Waals surface area contributed by atoms with Gasteiger partial charge in [0.25, 0.3) is 0 Å². The number of carboxylic acid groups (broad SMARTS) is 1. The number of benzene rings is 1. The van der Waals surface area contributed by atoms with E-state index in [4.69, 9.17) is 5.11 Å². The zero-order valence-corrected chi connectivity index (χ0v) is 11.9. The third kappa shape index (κ3) is 3.66. The average molecular weight is 335 g/mol. The number of rotatable bonds is 4. The predicted molar refractivity (Wildman–Crippen MR) is 70.4 cm³/mol. The highest BCUT2D eigenvalue weighted by molar-refractivity contribution is 7.89. The van der Waals surface area contributed by atoms with Gasteiger partial charge < -0.3 is 5.11 Å². The molecule has 1 aromatic rings. The van der Waals surface area contributed by atoms with Crippen molar-refractivity contribution in [1.29, 1.82) is 0 Å². The summed E-state index contributed by atoms with van der Waals surface area (Å²) in [5, 5.41) is 8.82. The number of sulfonamides is 1. The standard InChI is InChI=1S/C13H12F3NO4S/c14-13(15,16)9-2-1-3-11(7-9)22(20,21)17-10-5-4-8(6-10)12(18)19/h1-5,7-8,10,17H,6H2,(H,18,19). The fourth-order valence-electron chi connectivity index (χ4n) is 2.08. The van der Waals surface area contributed by atoms with E-state index < -0.39 is 44.6 Å². The maximum absolute atomic E-state index is 12.6. The number of hydrogen-bond donors (Lipinski definition) is 2. The summed E-state index contributed by atoms with van der Waals surface area (Å²) < 4.78 is 64.2. The van der Waals surface area contributed by atoms with E-state index in [2.05, 4.69) is 4.72 Å². The molecule has 22 heavy (non-hydrogen) atoms. The van der Waals surface area contributed by atoms with E-state index in [1.165, 1.54) is 12.2 Å². The second kappa shape index (κ2) is 5.73. The first-order valence-corrected chi connectivity index (χ1v) is 7.68. The van der Waals surface area contributed by atoms with Crippen molar-refractivity contribution in [2.24, 2.45) is 5.92 Å². The van der Waals surface area contributed by atoms with Crippen molar-refractivity contribution in [1.82, 2.24) is 4.72 Å². The van der Waals surface area contributed by atoms with Gasteiger partial charge in [-0.3, -0.25) is 4.79 Å². The van der Waals surface area contributed by atoms with Gasteiger partial charge in [-0.05, 0) is 24.6 Å². The molecule has 2 N–H and O–H groups in total. The van der Waals surface area contributed by atoms with Crippen LogP contribution in [-0.4, -0.2) is 25.5 Å². The largest absolute Gasteiger partial charge is 0.481 e. The highest BCUT2D eigenvalue weighted by Gasteiger charge is 2.32. The number of halogens is 3. The van der Waals surface area contributed by atoms with E-state index in [1.807, 2.05) is 0 Å². The Hall–Kier alpha value is -1.87. The smallest absolute Gasteiger partial charge is 0.416 e. The van der Waals surface area contributed by atoms with E-state index in [-0.39, 0.29) is 6.42 Å². The molecule has 2 rings (SSSR count). The first-order chi connectivity index (χ1) is 10.1. The summed E-state index contributed by atoms with van der Waals surface area (Å²) >= 11 is 0. The number of aliphatic carboxylic acids is 1. The van der Waals surface area contributed by atoms with E-state index in [0.717, 1.165) is 18.2 Å². The highest BCUT2D eigenvalue weighted by Crippen LogP contribution is 2.30. The maximum Gasteiger partial charge on any atom is 0.416 e. The summed E-state index contributed by atoms with van der Waals surface area (Å²) in [4.78, 5) is 10.3. The summed E-state index contributed by atoms with van der Waals surface area (Å²) in [6.45, 7) is 0. The van der Waals surface area contributed by atoms with Crippen LogP contribution in [0.3, 0.4) is 0 Å². The lowest BCUT2D eigenvalue weighted by atomic mass is 10.1. The molecule has 1 aromatic carbocycles. The van der Waals surface area contributed by atoms with E-state index >= 15 is 0 Å². The van der Waals surface area contributed by atoms with E-state index in [0.29, 0.717) is 6.07 Å². The molecule has 0 aromatic heterocycles. The van der Waals surface area contributed by atoms with Crippen LogP contribution in [0.25, 0.3) is 0 Å². The van der Waals surface area contributed by atoms with E-state index in [9.17, 15) is 26.4 Å². The van der Waals surface area contributed by atoms with Crippen LogP contribution >= 0.6 is 0 Å². The summed E-state index contributed by atoms with van der Waals surface area (Å²) in [5.74, 6) is -1.90. The summed E-state index contributed by atoms with van der Waals surface area (Å²) in [5.41, 5.74) is -1.07. The van der Waals surface area contributed by atoms with Crippen LogP contribution in [0.5, 0.6) is 0 Å². The molecule has 1 aliphatic carbocycles. The summed E-state index contributed by atoms with van der Waals surface area (Å²) in [6.07, 6.45) is -1.90. The van der Waals surface area contributed by atoms with Crippen LogP contribution < -0.4 is 4.72 Å². The molecule has 0 radical (unpaired) electrons. The number of carbonyl (C=O) groups is 1. The van der Waals surface area contributed by atoms with Gasteiger partial charge in [0.05, 0.1) is 16.4 Å². The molecule has 5 nitrogen and oxygen atoms in total. The lowest BCUT2D eigenvalue weighted by Crippen LogP contribution is -2.33. The number of alkyl halides is 3. The summed E-state index contributed by atoms with van der Waals surface area (Å²) in [6, 6.07) is 2.60. The van der Waals surface area contributed by atoms with Crippen molar-refractivity contribution < 1.29 is 31.5 Å². The zero-order chi connectivity index (χ0) is 16.5. The number of hydrogen-bond acceptors (Lipinski definition) is 3. The predicted octanol–water partition coefficient (Wildman–Crippen LogP) is 2.01. The minimum absolute atomic E-state index is 0.0214. The first kappa shape index (κ1) is 16.5. The van der Waals surface area contributed by atoms with Gasteiger partial charge in [-0.25, -0.2) is 13.1 Å². The molecule has 9 heteroatoms. The highest BCUT2D eigenvalue weighted by atomic mass is 32.2. The van der Waals surface area contributed by atoms with Gasteiger partial charge in [-0.2, -0.15) is 13.2 Å². The monoisotopic (exact) mass is 335 g/mol. The van der Waals surface area contributed by atoms with Gasteiger partial charge in [0.2, 0.25) is 10.0 Å². The quantitative estimate of drug-likeness (QED) is 0.825. The Labute approximate surface area is 124 Å². The molecule has 0 bridgehead atoms. The molecular formula is C13H12F3NO4S. The van der Waals surface area contributed by atoms with Crippen molar-refractivity contribution in [3.63, 3.8) is 0 Å². The van der Waals surface area contributed by atoms with Crippen LogP contribution in [0.2, 0.25) is 0 Å². The van der Waals surface area contributed by atoms with E-state index in [1.54, 1.807) is 0 Å². The van der Waals surface area contributed by atoms with Gasteiger partial charge in [0.1, 0.15) is 0 Å². The zero-order valence-electron chi connectivity index (χ0n) is 11.0. The molecule has 2 atom stereocenters. The third-order valence-corrected chi connectivity index (χ3v) is 4.67. The lowest BCUT2D eigenvalue weighted by molar-refractivity contribution is -0.140. The Morgan fingerprint density at radius 1 is 1.27 bits per heavy atom. The normalized spacial score (nSPS) is 22.0. The Bertz CT molecular complexity index is 712. The molecule has 1 aliphatic rings. The summed E-state index contributed by atoms with van der Waals surface area (Å²) in [7, 11) is -4.17. The molecule has 120 valence electrons. The third-order valence-electron chi connectivity index (χ3n) is 3.18. The SMILES string of the molecule is O=C(O)C1C=CC(NS(=O)(=O)c2cccc(C(F)(F)F)c2)C1. The van der Waals surface area contributed by atoms with Crippen molar-refractivity contribution >= 4 is 16.0 Å². The van der Waals surface area contributed by atoms with Gasteiger partial charge in [0, 0.05) is 6.04 Å². The van der Waals surface area contributed by atoms with Gasteiger partial charge >= 0.3 is 12.1 Å². The minimum Gasteiger partial charge on any atom is -0.481 e. The van der Waals surface area contributed by atoms with Crippen molar-refractivity contribution in [2.75, 3.05) is 0 Å². The minimum atomic E-state index is -4.65. The van der Waals surface area contributed by atoms with Crippen molar-refractivity contribution in [3.8, 4) is 0 Å². The second-order valence-electron chi connectivity index (χ2n) is 4.82. The lowest BCUT2D eigenvalue weighted by Gasteiger charge is -2.14. The van der Waals surface area contributed by atoms with Crippen molar-refractivity contribution in [2.45, 2.75) is 23.5 Å². The van der Waals surface area contributed by atoms with Crippen LogP contribution in [0, 0.1) is 5.92 Å². The van der Waals surface area contributed by atoms with Gasteiger partial charge in [0.15, 0.2) is 0 Å². The number of nitrogens with one attached hydrogen (secondary N) is 1. The molecule has 0 fully saturated rings. The molecule has 0 spiro atoms.